The van der Waals surface area contributed by atoms with Crippen LogP contribution in [0.1, 0.15) is 52.0 Å². The van der Waals surface area contributed by atoms with Crippen LogP contribution in [0.25, 0.3) is 21.5 Å². The predicted molar refractivity (Wildman–Crippen MR) is 184 cm³/mol. The molecule has 0 aliphatic carbocycles. The van der Waals surface area contributed by atoms with E-state index < -0.39 is 0 Å². The minimum atomic E-state index is 0.0448. The van der Waals surface area contributed by atoms with Gasteiger partial charge in [0.15, 0.2) is 0 Å². The Kier molecular flexibility index (Phi) is 10.8. The average molecular weight is 595 g/mol. The summed E-state index contributed by atoms with van der Waals surface area (Å²) in [5, 5.41) is 4.54. The molecule has 5 rings (SSSR count). The molecule has 0 saturated carbocycles. The standard InChI is InChI=1S/C38H42O2S2/c1-38(2,3)29-22-23-34-35(28-29)37(40-25-13-15-27-42-31-18-8-5-9-19-31)33-21-11-10-20-32(33)36(34)39-24-12-14-26-41-30-16-6-4-7-17-30/h4-11,16-23,28H,12-15,24-27H2,1-3H3. The van der Waals surface area contributed by atoms with Crippen molar-refractivity contribution in [2.45, 2.75) is 61.7 Å². The van der Waals surface area contributed by atoms with Crippen LogP contribution in [-0.4, -0.2) is 24.7 Å². The van der Waals surface area contributed by atoms with Gasteiger partial charge in [-0.25, -0.2) is 0 Å². The highest BCUT2D eigenvalue weighted by Crippen LogP contribution is 2.44. The SMILES string of the molecule is CC(C)(C)c1ccc2c(OCCCCSc3ccccc3)c3ccccc3c(OCCCCSc3ccccc3)c2c1. The zero-order valence-electron chi connectivity index (χ0n) is 25.1. The van der Waals surface area contributed by atoms with E-state index in [0.717, 1.165) is 70.2 Å². The molecule has 0 aliphatic heterocycles. The molecule has 4 heteroatoms. The summed E-state index contributed by atoms with van der Waals surface area (Å²) in [6.07, 6.45) is 4.28. The summed E-state index contributed by atoms with van der Waals surface area (Å²) in [4.78, 5) is 2.66. The lowest BCUT2D eigenvalue weighted by atomic mass is 9.85. The van der Waals surface area contributed by atoms with Crippen LogP contribution in [0.2, 0.25) is 0 Å². The number of benzene rings is 5. The fraction of sp³-hybridized carbons (Fsp3) is 0.316. The van der Waals surface area contributed by atoms with Gasteiger partial charge >= 0.3 is 0 Å². The third kappa shape index (κ3) is 8.05. The molecule has 5 aromatic rings. The largest absolute Gasteiger partial charge is 0.492 e. The van der Waals surface area contributed by atoms with Gasteiger partial charge in [-0.2, -0.15) is 0 Å². The third-order valence-electron chi connectivity index (χ3n) is 7.39. The number of ether oxygens (including phenoxy) is 2. The van der Waals surface area contributed by atoms with E-state index in [4.69, 9.17) is 9.47 Å². The van der Waals surface area contributed by atoms with Crippen LogP contribution in [-0.2, 0) is 5.41 Å². The van der Waals surface area contributed by atoms with Crippen molar-refractivity contribution >= 4 is 45.1 Å². The van der Waals surface area contributed by atoms with Crippen LogP contribution < -0.4 is 9.47 Å². The first kappa shape index (κ1) is 30.4. The summed E-state index contributed by atoms with van der Waals surface area (Å²) >= 11 is 3.83. The van der Waals surface area contributed by atoms with Gasteiger partial charge in [-0.1, -0.05) is 93.6 Å². The summed E-state index contributed by atoms with van der Waals surface area (Å²) in [7, 11) is 0. The second-order valence-electron chi connectivity index (χ2n) is 11.6. The van der Waals surface area contributed by atoms with Gasteiger partial charge in [-0.3, -0.25) is 0 Å². The van der Waals surface area contributed by atoms with Gasteiger partial charge in [0.05, 0.1) is 13.2 Å². The minimum Gasteiger partial charge on any atom is -0.492 e. The van der Waals surface area contributed by atoms with Gasteiger partial charge in [0.2, 0.25) is 0 Å². The Morgan fingerprint density at radius 1 is 0.500 bits per heavy atom. The number of thioether (sulfide) groups is 2. The van der Waals surface area contributed by atoms with Gasteiger partial charge in [0.1, 0.15) is 11.5 Å². The van der Waals surface area contributed by atoms with E-state index in [1.54, 1.807) is 0 Å². The highest BCUT2D eigenvalue weighted by atomic mass is 32.2. The van der Waals surface area contributed by atoms with E-state index in [1.807, 2.05) is 23.5 Å². The Morgan fingerprint density at radius 3 is 1.45 bits per heavy atom. The van der Waals surface area contributed by atoms with E-state index in [0.29, 0.717) is 13.2 Å². The number of fused-ring (bicyclic) bond motifs is 2. The molecule has 0 amide bonds. The fourth-order valence-electron chi connectivity index (χ4n) is 5.05. The van der Waals surface area contributed by atoms with Crippen LogP contribution in [0.3, 0.4) is 0 Å². The molecule has 0 radical (unpaired) electrons. The molecular formula is C38H42O2S2. The molecule has 0 bridgehead atoms. The van der Waals surface area contributed by atoms with Crippen LogP contribution in [0.5, 0.6) is 11.5 Å². The minimum absolute atomic E-state index is 0.0448. The van der Waals surface area contributed by atoms with Crippen LogP contribution in [0, 0.1) is 0 Å². The van der Waals surface area contributed by atoms with E-state index >= 15 is 0 Å². The van der Waals surface area contributed by atoms with Crippen molar-refractivity contribution in [1.82, 2.24) is 0 Å². The lowest BCUT2D eigenvalue weighted by Crippen LogP contribution is -2.11. The summed E-state index contributed by atoms with van der Waals surface area (Å²) < 4.78 is 13.2. The molecule has 0 unspecified atom stereocenters. The van der Waals surface area contributed by atoms with Gasteiger partial charge in [-0.15, -0.1) is 23.5 Å². The monoisotopic (exact) mass is 594 g/mol. The molecule has 0 fully saturated rings. The maximum atomic E-state index is 6.64. The normalized spacial score (nSPS) is 11.7. The Balaban J connectivity index is 1.31. The second-order valence-corrected chi connectivity index (χ2v) is 14.0. The molecule has 218 valence electrons. The molecule has 42 heavy (non-hydrogen) atoms. The zero-order chi connectivity index (χ0) is 29.2. The quantitative estimate of drug-likeness (QED) is 0.0723. The highest BCUT2D eigenvalue weighted by molar-refractivity contribution is 7.99. The molecule has 2 nitrogen and oxygen atoms in total. The van der Waals surface area contributed by atoms with Crippen molar-refractivity contribution in [3.63, 3.8) is 0 Å². The number of unbranched alkanes of at least 4 members (excludes halogenated alkanes) is 2. The van der Waals surface area contributed by atoms with Gasteiger partial charge in [0.25, 0.3) is 0 Å². The first-order valence-corrected chi connectivity index (χ1v) is 17.1. The Morgan fingerprint density at radius 2 is 0.952 bits per heavy atom. The summed E-state index contributed by atoms with van der Waals surface area (Å²) in [6, 6.07) is 36.7. The van der Waals surface area contributed by atoms with Crippen LogP contribution in [0.15, 0.2) is 113 Å². The summed E-state index contributed by atoms with van der Waals surface area (Å²) in [5.41, 5.74) is 1.35. The molecular weight excluding hydrogens is 553 g/mol. The van der Waals surface area contributed by atoms with E-state index in [-0.39, 0.29) is 5.41 Å². The number of hydrogen-bond donors (Lipinski definition) is 0. The molecule has 0 spiro atoms. The molecule has 0 aromatic heterocycles. The zero-order valence-corrected chi connectivity index (χ0v) is 26.7. The molecule has 0 heterocycles. The van der Waals surface area contributed by atoms with Crippen LogP contribution in [0.4, 0.5) is 0 Å². The lowest BCUT2D eigenvalue weighted by Gasteiger charge is -2.22. The highest BCUT2D eigenvalue weighted by Gasteiger charge is 2.20. The molecule has 0 N–H and O–H groups in total. The summed E-state index contributed by atoms with van der Waals surface area (Å²) in [5.74, 6) is 4.15. The Labute approximate surface area is 260 Å². The van der Waals surface area contributed by atoms with Gasteiger partial charge in [0, 0.05) is 31.3 Å². The second kappa shape index (κ2) is 14.9. The smallest absolute Gasteiger partial charge is 0.135 e. The maximum Gasteiger partial charge on any atom is 0.135 e. The van der Waals surface area contributed by atoms with Crippen molar-refractivity contribution in [2.24, 2.45) is 0 Å². The van der Waals surface area contributed by atoms with Crippen molar-refractivity contribution in [3.8, 4) is 11.5 Å². The number of rotatable bonds is 14. The van der Waals surface area contributed by atoms with Crippen LogP contribution >= 0.6 is 23.5 Å². The van der Waals surface area contributed by atoms with E-state index in [9.17, 15) is 0 Å². The van der Waals surface area contributed by atoms with E-state index in [2.05, 4.69) is 124 Å². The predicted octanol–water partition coefficient (Wildman–Crippen LogP) is 11.2. The van der Waals surface area contributed by atoms with Gasteiger partial charge < -0.3 is 9.47 Å². The molecule has 5 aromatic carbocycles. The van der Waals surface area contributed by atoms with Crippen molar-refractivity contribution in [2.75, 3.05) is 24.7 Å². The van der Waals surface area contributed by atoms with E-state index in [1.165, 1.54) is 15.4 Å². The fourth-order valence-corrected chi connectivity index (χ4v) is 6.91. The van der Waals surface area contributed by atoms with Crippen molar-refractivity contribution in [3.05, 3.63) is 109 Å². The Bertz CT molecular complexity index is 1560. The topological polar surface area (TPSA) is 18.5 Å². The lowest BCUT2D eigenvalue weighted by molar-refractivity contribution is 0.312. The molecule has 0 atom stereocenters. The summed E-state index contributed by atoms with van der Waals surface area (Å²) in [6.45, 7) is 8.21. The van der Waals surface area contributed by atoms with Gasteiger partial charge in [-0.05, 0) is 78.5 Å². The van der Waals surface area contributed by atoms with Crippen molar-refractivity contribution in [1.29, 1.82) is 0 Å². The first-order valence-electron chi connectivity index (χ1n) is 15.1. The molecule has 0 aliphatic rings. The van der Waals surface area contributed by atoms with Crippen molar-refractivity contribution < 1.29 is 9.47 Å². The Hall–Kier alpha value is -3.08. The molecule has 0 saturated heterocycles. The number of hydrogen-bond acceptors (Lipinski definition) is 4. The third-order valence-corrected chi connectivity index (χ3v) is 9.58. The first-order chi connectivity index (χ1) is 20.5. The average Bonchev–Trinajstić information content (AvgIpc) is 3.01. The maximum absolute atomic E-state index is 6.64.